The number of carbonyl (C=O) groups excluding carboxylic acids is 1. The van der Waals surface area contributed by atoms with Crippen LogP contribution < -0.4 is 5.73 Å². The number of alkyl halides is 3. The molecule has 1 unspecified atom stereocenters. The number of nitrogens with two attached hydrogens (primary N) is 1. The number of ether oxygens (including phenoxy) is 1. The van der Waals surface area contributed by atoms with Gasteiger partial charge in [0.05, 0.1) is 23.6 Å². The number of hydrogen-bond acceptors (Lipinski definition) is 6. The Morgan fingerprint density at radius 2 is 1.63 bits per heavy atom. The molecule has 0 heterocycles. The largest absolute Gasteiger partial charge is 0.462 e. The van der Waals surface area contributed by atoms with Crippen molar-refractivity contribution in [3.05, 3.63) is 113 Å². The lowest BCUT2D eigenvalue weighted by Gasteiger charge is -2.28. The predicted octanol–water partition coefficient (Wildman–Crippen LogP) is 5.81. The van der Waals surface area contributed by atoms with Crippen molar-refractivity contribution in [1.29, 1.82) is 0 Å². The Kier molecular flexibility index (Phi) is 9.35. The van der Waals surface area contributed by atoms with Gasteiger partial charge in [-0.3, -0.25) is 0 Å². The fraction of sp³-hybridized carbons (Fsp3) is 0.233. The molecule has 0 aliphatic heterocycles. The first-order valence-electron chi connectivity index (χ1n) is 12.5. The van der Waals surface area contributed by atoms with Gasteiger partial charge in [0, 0.05) is 0 Å². The zero-order valence-electron chi connectivity index (χ0n) is 22.8. The Balaban J connectivity index is 2.11. The Morgan fingerprint density at radius 1 is 1.05 bits per heavy atom. The van der Waals surface area contributed by atoms with Crippen LogP contribution in [0, 0.1) is 0 Å². The summed E-state index contributed by atoms with van der Waals surface area (Å²) in [5.74, 6) is -0.737. The van der Waals surface area contributed by atoms with Gasteiger partial charge in [-0.1, -0.05) is 61.2 Å². The minimum atomic E-state index is -4.91. The summed E-state index contributed by atoms with van der Waals surface area (Å²) in [6.07, 6.45) is -3.31. The second-order valence-corrected chi connectivity index (χ2v) is 11.2. The second kappa shape index (κ2) is 12.2. The van der Waals surface area contributed by atoms with Crippen LogP contribution in [0.5, 0.6) is 0 Å². The maximum absolute atomic E-state index is 13.9. The SMILES string of the molecule is C=Cc1ccccc1/C(C)=C(\N)N(Cc1ccc(C(C)(O)C(F)(F)F)cc1)S(=O)(=O)c1ccc(C(=O)OCC)cc1. The predicted molar refractivity (Wildman–Crippen MR) is 151 cm³/mol. The molecule has 0 aliphatic carbocycles. The van der Waals surface area contributed by atoms with E-state index in [2.05, 4.69) is 6.58 Å². The van der Waals surface area contributed by atoms with Crippen molar-refractivity contribution in [2.24, 2.45) is 5.73 Å². The maximum Gasteiger partial charge on any atom is 0.421 e. The molecule has 3 N–H and O–H groups in total. The number of carbonyl (C=O) groups is 1. The van der Waals surface area contributed by atoms with Crippen molar-refractivity contribution in [3.63, 3.8) is 0 Å². The van der Waals surface area contributed by atoms with Gasteiger partial charge in [0.25, 0.3) is 10.0 Å². The van der Waals surface area contributed by atoms with E-state index in [-0.39, 0.29) is 29.4 Å². The molecule has 11 heteroatoms. The number of rotatable bonds is 10. The molecule has 0 aliphatic rings. The Labute approximate surface area is 237 Å². The van der Waals surface area contributed by atoms with E-state index >= 15 is 0 Å². The lowest BCUT2D eigenvalue weighted by Crippen LogP contribution is -2.39. The summed E-state index contributed by atoms with van der Waals surface area (Å²) < 4.78 is 73.7. The molecule has 0 spiro atoms. The average molecular weight is 589 g/mol. The van der Waals surface area contributed by atoms with Crippen LogP contribution in [-0.4, -0.2) is 36.6 Å². The number of allylic oxidation sites excluding steroid dienone is 1. The summed E-state index contributed by atoms with van der Waals surface area (Å²) in [5.41, 5.74) is 5.22. The van der Waals surface area contributed by atoms with Crippen molar-refractivity contribution in [2.45, 2.75) is 44.0 Å². The van der Waals surface area contributed by atoms with Gasteiger partial charge in [-0.2, -0.15) is 13.2 Å². The lowest BCUT2D eigenvalue weighted by molar-refractivity contribution is -0.258. The zero-order chi connectivity index (χ0) is 30.6. The first-order valence-corrected chi connectivity index (χ1v) is 14.0. The molecule has 0 amide bonds. The lowest BCUT2D eigenvalue weighted by atomic mass is 9.94. The number of halogens is 3. The molecule has 7 nitrogen and oxygen atoms in total. The zero-order valence-corrected chi connectivity index (χ0v) is 23.6. The highest BCUT2D eigenvalue weighted by molar-refractivity contribution is 7.89. The van der Waals surface area contributed by atoms with Crippen molar-refractivity contribution < 1.29 is 36.2 Å². The highest BCUT2D eigenvalue weighted by Gasteiger charge is 2.51. The molecule has 0 aromatic heterocycles. The van der Waals surface area contributed by atoms with Crippen molar-refractivity contribution in [1.82, 2.24) is 4.31 Å². The topological polar surface area (TPSA) is 110 Å². The summed E-state index contributed by atoms with van der Waals surface area (Å²) in [7, 11) is -4.34. The molecule has 0 saturated heterocycles. The highest BCUT2D eigenvalue weighted by atomic mass is 32.2. The highest BCUT2D eigenvalue weighted by Crippen LogP contribution is 2.38. The van der Waals surface area contributed by atoms with E-state index in [1.807, 2.05) is 0 Å². The van der Waals surface area contributed by atoms with E-state index in [1.165, 1.54) is 36.4 Å². The normalized spacial score (nSPS) is 14.0. The summed E-state index contributed by atoms with van der Waals surface area (Å²) in [4.78, 5) is 11.9. The van der Waals surface area contributed by atoms with Crippen LogP contribution in [0.2, 0.25) is 0 Å². The van der Waals surface area contributed by atoms with Crippen LogP contribution in [0.25, 0.3) is 11.6 Å². The van der Waals surface area contributed by atoms with E-state index in [9.17, 15) is 31.5 Å². The van der Waals surface area contributed by atoms with Crippen molar-refractivity contribution >= 4 is 27.6 Å². The number of sulfonamides is 1. The van der Waals surface area contributed by atoms with Crippen LogP contribution in [0.4, 0.5) is 13.2 Å². The molecule has 3 aromatic rings. The summed E-state index contributed by atoms with van der Waals surface area (Å²) in [6, 6.07) is 17.0. The molecule has 0 bridgehead atoms. The minimum Gasteiger partial charge on any atom is -0.462 e. The number of benzene rings is 3. The van der Waals surface area contributed by atoms with E-state index < -0.39 is 33.3 Å². The minimum absolute atomic E-state index is 0.125. The molecule has 0 saturated carbocycles. The molecule has 3 rings (SSSR count). The van der Waals surface area contributed by atoms with E-state index in [1.54, 1.807) is 44.2 Å². The molecular formula is C30H31F3N2O5S. The molecule has 41 heavy (non-hydrogen) atoms. The van der Waals surface area contributed by atoms with Crippen LogP contribution in [0.3, 0.4) is 0 Å². The number of esters is 1. The molecule has 0 fully saturated rings. The van der Waals surface area contributed by atoms with Gasteiger partial charge in [-0.25, -0.2) is 17.5 Å². The Morgan fingerprint density at radius 3 is 2.17 bits per heavy atom. The Bertz CT molecular complexity index is 1550. The number of aliphatic hydroxyl groups is 1. The molecular weight excluding hydrogens is 557 g/mol. The summed E-state index contributed by atoms with van der Waals surface area (Å²) >= 11 is 0. The van der Waals surface area contributed by atoms with Crippen LogP contribution >= 0.6 is 0 Å². The third-order valence-electron chi connectivity index (χ3n) is 6.59. The smallest absolute Gasteiger partial charge is 0.421 e. The third-order valence-corrected chi connectivity index (χ3v) is 8.36. The van der Waals surface area contributed by atoms with Crippen molar-refractivity contribution in [3.8, 4) is 0 Å². The fourth-order valence-corrected chi connectivity index (χ4v) is 5.46. The molecule has 218 valence electrons. The molecule has 1 atom stereocenters. The summed E-state index contributed by atoms with van der Waals surface area (Å²) in [6.45, 7) is 7.53. The van der Waals surface area contributed by atoms with Gasteiger partial charge in [-0.15, -0.1) is 0 Å². The van der Waals surface area contributed by atoms with E-state index in [4.69, 9.17) is 10.5 Å². The summed E-state index contributed by atoms with van der Waals surface area (Å²) in [5, 5.41) is 10.0. The molecule has 0 radical (unpaired) electrons. The van der Waals surface area contributed by atoms with Crippen LogP contribution in [0.1, 0.15) is 53.4 Å². The van der Waals surface area contributed by atoms with Crippen LogP contribution in [-0.2, 0) is 26.9 Å². The first kappa shape index (κ1) is 31.4. The third kappa shape index (κ3) is 6.63. The van der Waals surface area contributed by atoms with Gasteiger partial charge in [0.1, 0.15) is 5.82 Å². The van der Waals surface area contributed by atoms with Gasteiger partial charge in [0.2, 0.25) is 0 Å². The number of hydrogen-bond donors (Lipinski definition) is 2. The maximum atomic E-state index is 13.9. The van der Waals surface area contributed by atoms with Gasteiger partial charge < -0.3 is 15.6 Å². The van der Waals surface area contributed by atoms with E-state index in [0.29, 0.717) is 29.2 Å². The van der Waals surface area contributed by atoms with Crippen LogP contribution in [0.15, 0.2) is 90.1 Å². The Hall–Kier alpha value is -4.09. The van der Waals surface area contributed by atoms with Gasteiger partial charge >= 0.3 is 12.1 Å². The second-order valence-electron chi connectivity index (χ2n) is 9.33. The standard InChI is InChI=1S/C30H31F3N2O5S/c1-5-22-9-7-8-10-26(22)20(3)27(34)35(19-21-11-15-24(16-12-21)29(4,37)30(31,32)33)41(38,39)25-17-13-23(14-18-25)28(36)40-6-2/h5,7-18,37H,1,6,19,34H2,2-4H3/b27-20+. The fourth-order valence-electron chi connectivity index (χ4n) is 4.01. The first-order chi connectivity index (χ1) is 19.1. The van der Waals surface area contributed by atoms with Crippen molar-refractivity contribution in [2.75, 3.05) is 6.61 Å². The monoisotopic (exact) mass is 588 g/mol. The van der Waals surface area contributed by atoms with Gasteiger partial charge in [0.15, 0.2) is 5.60 Å². The quantitative estimate of drug-likeness (QED) is 0.289. The van der Waals surface area contributed by atoms with Gasteiger partial charge in [-0.05, 0) is 72.9 Å². The van der Waals surface area contributed by atoms with E-state index in [0.717, 1.165) is 16.4 Å². The molecule has 3 aromatic carbocycles. The average Bonchev–Trinajstić information content (AvgIpc) is 2.94. The number of nitrogens with zero attached hydrogens (tertiary/aromatic N) is 1.